The molecule has 1 aliphatic rings. The molecule has 0 radical (unpaired) electrons. The first-order chi connectivity index (χ1) is 8.15. The van der Waals surface area contributed by atoms with E-state index in [2.05, 4.69) is 9.97 Å². The van der Waals surface area contributed by atoms with Gasteiger partial charge in [-0.15, -0.1) is 11.8 Å². The van der Waals surface area contributed by atoms with Gasteiger partial charge in [-0.3, -0.25) is 20.1 Å². The summed E-state index contributed by atoms with van der Waals surface area (Å²) in [6.07, 6.45) is 4.47. The largest absolute Gasteiger partial charge is 0.355 e. The number of rotatable bonds is 3. The van der Waals surface area contributed by atoms with Crippen LogP contribution in [0.15, 0.2) is 23.6 Å². The molecule has 1 aliphatic heterocycles. The number of aryl methyl sites for hydroxylation is 1. The first-order valence-corrected chi connectivity index (χ1v) is 6.14. The Hall–Kier alpha value is -1.63. The molecule has 0 N–H and O–H groups in total. The Morgan fingerprint density at radius 3 is 3.06 bits per heavy atom. The Balaban J connectivity index is 2.07. The van der Waals surface area contributed by atoms with E-state index in [1.54, 1.807) is 12.4 Å². The number of thioether (sulfide) groups is 1. The summed E-state index contributed by atoms with van der Waals surface area (Å²) in [5.74, 6) is 0.874. The molecule has 2 heterocycles. The lowest BCUT2D eigenvalue weighted by Gasteiger charge is -2.16. The number of aromatic nitrogens is 2. The lowest BCUT2D eigenvalue weighted by molar-refractivity contribution is -0.403. The summed E-state index contributed by atoms with van der Waals surface area (Å²) in [5.41, 5.74) is 1.69. The SMILES string of the molecule is Cc1cnc(CN2CCS/C2=C\[N+](=O)[O-])cn1. The van der Waals surface area contributed by atoms with Crippen LogP contribution in [-0.4, -0.2) is 32.1 Å². The number of hydrogen-bond acceptors (Lipinski definition) is 6. The maximum atomic E-state index is 10.5. The van der Waals surface area contributed by atoms with E-state index in [9.17, 15) is 10.1 Å². The monoisotopic (exact) mass is 252 g/mol. The second-order valence-corrected chi connectivity index (χ2v) is 4.79. The van der Waals surface area contributed by atoms with Gasteiger partial charge in [0.1, 0.15) is 5.03 Å². The molecule has 1 saturated heterocycles. The molecule has 1 aromatic rings. The topological polar surface area (TPSA) is 72.2 Å². The van der Waals surface area contributed by atoms with Gasteiger partial charge in [0.15, 0.2) is 0 Å². The third kappa shape index (κ3) is 3.16. The van der Waals surface area contributed by atoms with Crippen LogP contribution >= 0.6 is 11.8 Å². The van der Waals surface area contributed by atoms with Gasteiger partial charge in [-0.05, 0) is 6.92 Å². The highest BCUT2D eigenvalue weighted by atomic mass is 32.2. The van der Waals surface area contributed by atoms with Crippen LogP contribution in [0.3, 0.4) is 0 Å². The minimum atomic E-state index is -0.415. The zero-order chi connectivity index (χ0) is 12.3. The fourth-order valence-electron chi connectivity index (χ4n) is 1.52. The van der Waals surface area contributed by atoms with Gasteiger partial charge in [-0.2, -0.15) is 0 Å². The Kier molecular flexibility index (Phi) is 3.58. The van der Waals surface area contributed by atoms with Crippen LogP contribution in [0.4, 0.5) is 0 Å². The van der Waals surface area contributed by atoms with Crippen molar-refractivity contribution < 1.29 is 4.92 Å². The predicted molar refractivity (Wildman–Crippen MR) is 64.7 cm³/mol. The normalized spacial score (nSPS) is 17.7. The Morgan fingerprint density at radius 1 is 1.59 bits per heavy atom. The van der Waals surface area contributed by atoms with Gasteiger partial charge in [-0.1, -0.05) is 0 Å². The molecule has 0 bridgehead atoms. The van der Waals surface area contributed by atoms with Crippen LogP contribution in [0.5, 0.6) is 0 Å². The van der Waals surface area contributed by atoms with E-state index in [0.717, 1.165) is 29.9 Å². The zero-order valence-corrected chi connectivity index (χ0v) is 10.2. The van der Waals surface area contributed by atoms with Crippen molar-refractivity contribution in [1.82, 2.24) is 14.9 Å². The third-order valence-corrected chi connectivity index (χ3v) is 3.37. The Morgan fingerprint density at radius 2 is 2.41 bits per heavy atom. The van der Waals surface area contributed by atoms with E-state index in [-0.39, 0.29) is 0 Å². The summed E-state index contributed by atoms with van der Waals surface area (Å²) in [6.45, 7) is 3.25. The molecule has 0 amide bonds. The second kappa shape index (κ2) is 5.13. The van der Waals surface area contributed by atoms with Crippen LogP contribution in [0.2, 0.25) is 0 Å². The van der Waals surface area contributed by atoms with E-state index in [1.807, 2.05) is 11.8 Å². The van der Waals surface area contributed by atoms with Crippen molar-refractivity contribution in [2.45, 2.75) is 13.5 Å². The average Bonchev–Trinajstić information content (AvgIpc) is 2.68. The summed E-state index contributed by atoms with van der Waals surface area (Å²) in [4.78, 5) is 20.4. The fourth-order valence-corrected chi connectivity index (χ4v) is 2.54. The maximum absolute atomic E-state index is 10.5. The standard InChI is InChI=1S/C10H12N4O2S/c1-8-4-12-9(5-11-8)6-13-2-3-17-10(13)7-14(15)16/h4-5,7H,2-3,6H2,1H3/b10-7-. The van der Waals surface area contributed by atoms with Gasteiger partial charge < -0.3 is 4.90 Å². The molecule has 0 saturated carbocycles. The smallest absolute Gasteiger partial charge is 0.264 e. The van der Waals surface area contributed by atoms with Crippen LogP contribution in [0, 0.1) is 17.0 Å². The second-order valence-electron chi connectivity index (χ2n) is 3.67. The molecule has 0 spiro atoms. The number of hydrogen-bond donors (Lipinski definition) is 0. The molecule has 0 aliphatic carbocycles. The van der Waals surface area contributed by atoms with E-state index in [0.29, 0.717) is 11.6 Å². The van der Waals surface area contributed by atoms with Crippen molar-refractivity contribution in [3.63, 3.8) is 0 Å². The molecular weight excluding hydrogens is 240 g/mol. The molecule has 1 fully saturated rings. The molecule has 0 atom stereocenters. The molecule has 0 aromatic carbocycles. The third-order valence-electron chi connectivity index (χ3n) is 2.33. The highest BCUT2D eigenvalue weighted by Gasteiger charge is 2.21. The lowest BCUT2D eigenvalue weighted by atomic mass is 10.4. The molecule has 2 rings (SSSR count). The molecule has 17 heavy (non-hydrogen) atoms. The van der Waals surface area contributed by atoms with Crippen molar-refractivity contribution in [1.29, 1.82) is 0 Å². The van der Waals surface area contributed by atoms with Crippen LogP contribution < -0.4 is 0 Å². The van der Waals surface area contributed by atoms with Gasteiger partial charge in [0, 0.05) is 18.5 Å². The van der Waals surface area contributed by atoms with Gasteiger partial charge in [0.2, 0.25) is 0 Å². The van der Waals surface area contributed by atoms with Gasteiger partial charge in [0.05, 0.1) is 29.1 Å². The van der Waals surface area contributed by atoms with E-state index in [4.69, 9.17) is 0 Å². The molecule has 1 aromatic heterocycles. The molecule has 6 nitrogen and oxygen atoms in total. The maximum Gasteiger partial charge on any atom is 0.264 e. The molecular formula is C10H12N4O2S. The van der Waals surface area contributed by atoms with E-state index >= 15 is 0 Å². The van der Waals surface area contributed by atoms with Crippen LogP contribution in [0.1, 0.15) is 11.4 Å². The summed E-state index contributed by atoms with van der Waals surface area (Å²) in [5, 5.41) is 11.2. The first kappa shape index (κ1) is 11.8. The molecule has 0 unspecified atom stereocenters. The van der Waals surface area contributed by atoms with E-state index < -0.39 is 4.92 Å². The van der Waals surface area contributed by atoms with Gasteiger partial charge >= 0.3 is 0 Å². The summed E-state index contributed by atoms with van der Waals surface area (Å²) in [6, 6.07) is 0. The Bertz CT molecular complexity index is 446. The zero-order valence-electron chi connectivity index (χ0n) is 9.37. The van der Waals surface area contributed by atoms with Crippen molar-refractivity contribution in [2.24, 2.45) is 0 Å². The minimum absolute atomic E-state index is 0.415. The predicted octanol–water partition coefficient (Wildman–Crippen LogP) is 1.41. The Labute approximate surface area is 103 Å². The molecule has 7 heteroatoms. The highest BCUT2D eigenvalue weighted by molar-refractivity contribution is 8.03. The summed E-state index contributed by atoms with van der Waals surface area (Å²) < 4.78 is 0. The van der Waals surface area contributed by atoms with E-state index in [1.165, 1.54) is 11.8 Å². The average molecular weight is 252 g/mol. The van der Waals surface area contributed by atoms with Gasteiger partial charge in [0.25, 0.3) is 6.20 Å². The van der Waals surface area contributed by atoms with Crippen LogP contribution in [-0.2, 0) is 6.54 Å². The summed E-state index contributed by atoms with van der Waals surface area (Å²) in [7, 11) is 0. The van der Waals surface area contributed by atoms with Crippen molar-refractivity contribution in [2.75, 3.05) is 12.3 Å². The van der Waals surface area contributed by atoms with Crippen molar-refractivity contribution >= 4 is 11.8 Å². The molecule has 90 valence electrons. The highest BCUT2D eigenvalue weighted by Crippen LogP contribution is 2.28. The summed E-state index contributed by atoms with van der Waals surface area (Å²) >= 11 is 1.50. The number of nitro groups is 1. The quantitative estimate of drug-likeness (QED) is 0.598. The number of nitrogens with zero attached hydrogens (tertiary/aromatic N) is 4. The van der Waals surface area contributed by atoms with Gasteiger partial charge in [-0.25, -0.2) is 0 Å². The fraction of sp³-hybridized carbons (Fsp3) is 0.400. The van der Waals surface area contributed by atoms with Crippen molar-refractivity contribution in [3.8, 4) is 0 Å². The van der Waals surface area contributed by atoms with Crippen LogP contribution in [0.25, 0.3) is 0 Å². The van der Waals surface area contributed by atoms with Crippen molar-refractivity contribution in [3.05, 3.63) is 45.1 Å². The first-order valence-electron chi connectivity index (χ1n) is 5.16. The minimum Gasteiger partial charge on any atom is -0.355 e. The lowest BCUT2D eigenvalue weighted by Crippen LogP contribution is -2.19.